The molecule has 1 aliphatic carbocycles. The molecule has 0 bridgehead atoms. The highest BCUT2D eigenvalue weighted by molar-refractivity contribution is 5.95. The van der Waals surface area contributed by atoms with Gasteiger partial charge in [-0.15, -0.1) is 6.42 Å². The molecular formula is C24H33F3N4O4. The first-order valence-corrected chi connectivity index (χ1v) is 11.7. The standard InChI is InChI=1S/C24H33F3N4O4/c1-7-13(10-12-8-9-28-18(12)32)29-19(33)16-15-14(23(15,5)6)11-31(16)20(34)17(22(2,3)4)30-21(35)24(25,26)27/h1,12-17H,8-11H2,2-6H3,(H,28,32)(H,29,33)(H,30,35)/t12-,13+,14?,15-,16-,17?/m0/s1. The summed E-state index contributed by atoms with van der Waals surface area (Å²) in [6.07, 6.45) is 1.31. The normalized spacial score (nSPS) is 28.9. The second-order valence-corrected chi connectivity index (χ2v) is 11.4. The highest BCUT2D eigenvalue weighted by atomic mass is 19.4. The molecule has 8 nitrogen and oxygen atoms in total. The van der Waals surface area contributed by atoms with Gasteiger partial charge in [0.2, 0.25) is 17.7 Å². The smallest absolute Gasteiger partial charge is 0.356 e. The zero-order valence-corrected chi connectivity index (χ0v) is 20.6. The van der Waals surface area contributed by atoms with Crippen LogP contribution >= 0.6 is 0 Å². The Morgan fingerprint density at radius 1 is 1.23 bits per heavy atom. The number of rotatable bonds is 6. The van der Waals surface area contributed by atoms with Crippen molar-refractivity contribution >= 4 is 23.6 Å². The molecule has 3 aliphatic rings. The Labute approximate surface area is 203 Å². The van der Waals surface area contributed by atoms with E-state index in [9.17, 15) is 32.3 Å². The minimum atomic E-state index is -5.15. The topological polar surface area (TPSA) is 108 Å². The van der Waals surface area contributed by atoms with Gasteiger partial charge in [0.05, 0.1) is 6.04 Å². The summed E-state index contributed by atoms with van der Waals surface area (Å²) in [7, 11) is 0. The summed E-state index contributed by atoms with van der Waals surface area (Å²) in [5.41, 5.74) is -1.28. The molecule has 0 spiro atoms. The van der Waals surface area contributed by atoms with Crippen LogP contribution in [0.25, 0.3) is 0 Å². The maximum absolute atomic E-state index is 13.5. The van der Waals surface area contributed by atoms with E-state index in [0.29, 0.717) is 13.0 Å². The number of fused-ring (bicyclic) bond motifs is 1. The minimum Gasteiger partial charge on any atom is -0.356 e. The quantitative estimate of drug-likeness (QED) is 0.479. The molecule has 2 heterocycles. The third-order valence-electron chi connectivity index (χ3n) is 7.61. The monoisotopic (exact) mass is 498 g/mol. The predicted octanol–water partition coefficient (Wildman–Crippen LogP) is 1.21. The molecule has 3 N–H and O–H groups in total. The van der Waals surface area contributed by atoms with Crippen LogP contribution in [0.1, 0.15) is 47.5 Å². The molecule has 6 atom stereocenters. The second-order valence-electron chi connectivity index (χ2n) is 11.4. The molecule has 0 radical (unpaired) electrons. The molecule has 35 heavy (non-hydrogen) atoms. The number of halogens is 3. The van der Waals surface area contributed by atoms with Gasteiger partial charge >= 0.3 is 12.1 Å². The average Bonchev–Trinajstić information content (AvgIpc) is 3.10. The fourth-order valence-corrected chi connectivity index (χ4v) is 5.42. The lowest BCUT2D eigenvalue weighted by Gasteiger charge is -2.38. The molecule has 0 aromatic rings. The Morgan fingerprint density at radius 3 is 2.34 bits per heavy atom. The summed E-state index contributed by atoms with van der Waals surface area (Å²) < 4.78 is 38.8. The fourth-order valence-electron chi connectivity index (χ4n) is 5.42. The van der Waals surface area contributed by atoms with E-state index in [4.69, 9.17) is 6.42 Å². The molecule has 2 aliphatic heterocycles. The largest absolute Gasteiger partial charge is 0.471 e. The average molecular weight is 499 g/mol. The van der Waals surface area contributed by atoms with E-state index in [2.05, 4.69) is 16.6 Å². The van der Waals surface area contributed by atoms with Crippen LogP contribution in [-0.4, -0.2) is 65.9 Å². The Morgan fingerprint density at radius 2 is 1.86 bits per heavy atom. The van der Waals surface area contributed by atoms with Gasteiger partial charge in [0, 0.05) is 19.0 Å². The third-order valence-corrected chi connectivity index (χ3v) is 7.61. The molecule has 2 saturated heterocycles. The van der Waals surface area contributed by atoms with Crippen molar-refractivity contribution in [3.8, 4) is 12.3 Å². The minimum absolute atomic E-state index is 0.00830. The van der Waals surface area contributed by atoms with Crippen molar-refractivity contribution < 1.29 is 32.3 Å². The van der Waals surface area contributed by atoms with Gasteiger partial charge in [0.1, 0.15) is 12.1 Å². The van der Waals surface area contributed by atoms with Gasteiger partial charge in [0.15, 0.2) is 0 Å². The number of terminal acetylenes is 1. The molecule has 2 unspecified atom stereocenters. The van der Waals surface area contributed by atoms with Crippen LogP contribution in [0.5, 0.6) is 0 Å². The van der Waals surface area contributed by atoms with Gasteiger partial charge in [-0.05, 0) is 35.5 Å². The van der Waals surface area contributed by atoms with E-state index in [1.807, 2.05) is 19.2 Å². The van der Waals surface area contributed by atoms with Crippen molar-refractivity contribution in [2.24, 2.45) is 28.6 Å². The Bertz CT molecular complexity index is 950. The van der Waals surface area contributed by atoms with Crippen molar-refractivity contribution in [1.82, 2.24) is 20.9 Å². The van der Waals surface area contributed by atoms with Gasteiger partial charge in [-0.25, -0.2) is 0 Å². The van der Waals surface area contributed by atoms with Crippen molar-refractivity contribution in [2.75, 3.05) is 13.1 Å². The number of piperidine rings is 1. The van der Waals surface area contributed by atoms with Gasteiger partial charge in [0.25, 0.3) is 0 Å². The Kier molecular flexibility index (Phi) is 6.92. The first-order valence-electron chi connectivity index (χ1n) is 11.7. The van der Waals surface area contributed by atoms with Crippen LogP contribution < -0.4 is 16.0 Å². The number of carbonyl (C=O) groups excluding carboxylic acids is 4. The number of nitrogens with zero attached hydrogens (tertiary/aromatic N) is 1. The Balaban J connectivity index is 1.81. The zero-order valence-electron chi connectivity index (χ0n) is 20.6. The van der Waals surface area contributed by atoms with Gasteiger partial charge in [-0.3, -0.25) is 19.2 Å². The second kappa shape index (κ2) is 9.03. The lowest BCUT2D eigenvalue weighted by Crippen LogP contribution is -2.61. The van der Waals surface area contributed by atoms with Crippen molar-refractivity contribution in [2.45, 2.75) is 71.8 Å². The first-order chi connectivity index (χ1) is 16.0. The summed E-state index contributed by atoms with van der Waals surface area (Å²) in [6.45, 7) is 9.30. The van der Waals surface area contributed by atoms with Crippen LogP contribution in [0.3, 0.4) is 0 Å². The van der Waals surface area contributed by atoms with E-state index >= 15 is 0 Å². The van der Waals surface area contributed by atoms with E-state index in [-0.39, 0.29) is 42.0 Å². The first kappa shape index (κ1) is 26.8. The summed E-state index contributed by atoms with van der Waals surface area (Å²) in [6, 6.07) is -3.17. The Hall–Kier alpha value is -2.77. The molecule has 194 valence electrons. The summed E-state index contributed by atoms with van der Waals surface area (Å²) >= 11 is 0. The molecule has 0 aromatic heterocycles. The van der Waals surface area contributed by atoms with Gasteiger partial charge in [-0.1, -0.05) is 40.5 Å². The summed E-state index contributed by atoms with van der Waals surface area (Å²) in [4.78, 5) is 51.8. The van der Waals surface area contributed by atoms with E-state index < -0.39 is 47.4 Å². The van der Waals surface area contributed by atoms with Crippen LogP contribution in [0.2, 0.25) is 0 Å². The van der Waals surface area contributed by atoms with Crippen molar-refractivity contribution in [1.29, 1.82) is 0 Å². The number of alkyl halides is 3. The number of hydrogen-bond acceptors (Lipinski definition) is 4. The molecule has 0 aromatic carbocycles. The van der Waals surface area contributed by atoms with E-state index in [0.717, 1.165) is 0 Å². The molecule has 3 rings (SSSR count). The lowest BCUT2D eigenvalue weighted by atomic mass is 9.85. The molecule has 4 amide bonds. The van der Waals surface area contributed by atoms with Crippen molar-refractivity contribution in [3.05, 3.63) is 0 Å². The number of carbonyl (C=O) groups is 4. The molecule has 11 heteroatoms. The van der Waals surface area contributed by atoms with Crippen LogP contribution in [-0.2, 0) is 19.2 Å². The third kappa shape index (κ3) is 5.26. The highest BCUT2D eigenvalue weighted by Gasteiger charge is 2.70. The number of amides is 4. The number of hydrogen-bond donors (Lipinski definition) is 3. The maximum atomic E-state index is 13.5. The van der Waals surface area contributed by atoms with Crippen molar-refractivity contribution in [3.63, 3.8) is 0 Å². The maximum Gasteiger partial charge on any atom is 0.471 e. The van der Waals surface area contributed by atoms with Crippen LogP contribution in [0.4, 0.5) is 13.2 Å². The molecule has 1 saturated carbocycles. The molecular weight excluding hydrogens is 465 g/mol. The van der Waals surface area contributed by atoms with E-state index in [1.165, 1.54) is 4.90 Å². The van der Waals surface area contributed by atoms with Crippen LogP contribution in [0, 0.1) is 40.9 Å². The van der Waals surface area contributed by atoms with Gasteiger partial charge < -0.3 is 20.9 Å². The summed E-state index contributed by atoms with van der Waals surface area (Å²) in [5.74, 6) is -1.63. The van der Waals surface area contributed by atoms with Crippen LogP contribution in [0.15, 0.2) is 0 Å². The highest BCUT2D eigenvalue weighted by Crippen LogP contribution is 2.65. The predicted molar refractivity (Wildman–Crippen MR) is 120 cm³/mol. The number of likely N-dealkylation sites (tertiary alicyclic amines) is 1. The van der Waals surface area contributed by atoms with E-state index in [1.54, 1.807) is 20.8 Å². The summed E-state index contributed by atoms with van der Waals surface area (Å²) in [5, 5.41) is 7.31. The number of nitrogens with one attached hydrogen (secondary N) is 3. The lowest BCUT2D eigenvalue weighted by molar-refractivity contribution is -0.176. The molecule has 3 fully saturated rings. The zero-order chi connectivity index (χ0) is 26.5. The SMILES string of the molecule is C#C[C@H](C[C@@H]1CCNC1=O)NC(=O)[C@@H]1[C@@H]2C(CN1C(=O)C(NC(=O)C(F)(F)F)C(C)(C)C)C2(C)C. The fraction of sp³-hybridized carbons (Fsp3) is 0.750. The van der Waals surface area contributed by atoms with Gasteiger partial charge in [-0.2, -0.15) is 13.2 Å².